The Morgan fingerprint density at radius 3 is 2.55 bits per heavy atom. The molecule has 3 aliphatic rings. The van der Waals surface area contributed by atoms with Crippen molar-refractivity contribution in [3.8, 4) is 6.07 Å². The fraction of sp³-hybridized carbons (Fsp3) is 0.889. The van der Waals surface area contributed by atoms with E-state index < -0.39 is 0 Å². The Bertz CT molecular complexity index is 174. The fourth-order valence-electron chi connectivity index (χ4n) is 2.44. The molecule has 0 radical (unpaired) electrons. The molecule has 0 aliphatic carbocycles. The highest BCUT2D eigenvalue weighted by atomic mass is 15.1. The Labute approximate surface area is 67.8 Å². The van der Waals surface area contributed by atoms with E-state index in [1.54, 1.807) is 0 Å². The number of rotatable bonds is 1. The van der Waals surface area contributed by atoms with Gasteiger partial charge in [0, 0.05) is 13.0 Å². The van der Waals surface area contributed by atoms with E-state index in [2.05, 4.69) is 11.0 Å². The van der Waals surface area contributed by atoms with Gasteiger partial charge in [-0.1, -0.05) is 0 Å². The highest BCUT2D eigenvalue weighted by Gasteiger charge is 2.33. The number of hydrogen-bond donors (Lipinski definition) is 0. The molecule has 1 atom stereocenters. The monoisotopic (exact) mass is 150 g/mol. The van der Waals surface area contributed by atoms with Gasteiger partial charge < -0.3 is 4.90 Å². The molecule has 3 aliphatic heterocycles. The number of nitrogens with zero attached hydrogens (tertiary/aromatic N) is 2. The molecule has 3 fully saturated rings. The fourth-order valence-corrected chi connectivity index (χ4v) is 2.44. The molecule has 3 saturated heterocycles. The summed E-state index contributed by atoms with van der Waals surface area (Å²) in [6.45, 7) is 3.76. The zero-order valence-corrected chi connectivity index (χ0v) is 6.79. The average molecular weight is 150 g/mol. The van der Waals surface area contributed by atoms with Gasteiger partial charge in [-0.25, -0.2) is 0 Å². The maximum atomic E-state index is 8.58. The Hall–Kier alpha value is -0.550. The van der Waals surface area contributed by atoms with Crippen LogP contribution < -0.4 is 0 Å². The van der Waals surface area contributed by atoms with Crippen LogP contribution in [0.25, 0.3) is 0 Å². The Morgan fingerprint density at radius 2 is 2.09 bits per heavy atom. The van der Waals surface area contributed by atoms with Gasteiger partial charge in [0.05, 0.1) is 6.07 Å². The van der Waals surface area contributed by atoms with Crippen LogP contribution in [0.4, 0.5) is 0 Å². The molecular weight excluding hydrogens is 136 g/mol. The highest BCUT2D eigenvalue weighted by molar-refractivity contribution is 4.90. The summed E-state index contributed by atoms with van der Waals surface area (Å²) in [5.41, 5.74) is 0. The van der Waals surface area contributed by atoms with E-state index in [1.165, 1.54) is 32.5 Å². The van der Waals surface area contributed by atoms with Crippen molar-refractivity contribution < 1.29 is 0 Å². The van der Waals surface area contributed by atoms with Gasteiger partial charge in [0.1, 0.15) is 0 Å². The second-order valence-electron chi connectivity index (χ2n) is 3.76. The summed E-state index contributed by atoms with van der Waals surface area (Å²) in [5, 5.41) is 8.58. The molecule has 0 aromatic carbocycles. The van der Waals surface area contributed by atoms with Gasteiger partial charge in [0.2, 0.25) is 0 Å². The molecule has 0 amide bonds. The van der Waals surface area contributed by atoms with Crippen LogP contribution in [0.5, 0.6) is 0 Å². The number of fused-ring (bicyclic) bond motifs is 3. The smallest absolute Gasteiger partial charge is 0.0625 e. The molecule has 2 bridgehead atoms. The summed E-state index contributed by atoms with van der Waals surface area (Å²) >= 11 is 0. The second kappa shape index (κ2) is 2.83. The Kier molecular flexibility index (Phi) is 1.83. The van der Waals surface area contributed by atoms with Crippen molar-refractivity contribution in [3.63, 3.8) is 0 Å². The molecular formula is C9H14N2. The molecule has 0 spiro atoms. The SMILES string of the molecule is N#CC[C@@H]1CN2CCC1CC2. The van der Waals surface area contributed by atoms with E-state index in [9.17, 15) is 0 Å². The van der Waals surface area contributed by atoms with Crippen LogP contribution in [0.1, 0.15) is 19.3 Å². The molecule has 60 valence electrons. The van der Waals surface area contributed by atoms with Gasteiger partial charge in [-0.05, 0) is 37.8 Å². The minimum absolute atomic E-state index is 0.697. The van der Waals surface area contributed by atoms with E-state index >= 15 is 0 Å². The molecule has 0 aromatic heterocycles. The van der Waals surface area contributed by atoms with Crippen LogP contribution in [-0.2, 0) is 0 Å². The van der Waals surface area contributed by atoms with Crippen LogP contribution in [0.2, 0.25) is 0 Å². The lowest BCUT2D eigenvalue weighted by Gasteiger charge is -2.44. The lowest BCUT2D eigenvalue weighted by molar-refractivity contribution is 0.0534. The maximum Gasteiger partial charge on any atom is 0.0625 e. The van der Waals surface area contributed by atoms with Crippen molar-refractivity contribution in [2.45, 2.75) is 19.3 Å². The molecule has 0 saturated carbocycles. The highest BCUT2D eigenvalue weighted by Crippen LogP contribution is 2.33. The third-order valence-corrected chi connectivity index (χ3v) is 3.15. The van der Waals surface area contributed by atoms with Gasteiger partial charge in [-0.2, -0.15) is 5.26 Å². The normalized spacial score (nSPS) is 41.9. The van der Waals surface area contributed by atoms with Gasteiger partial charge in [-0.3, -0.25) is 0 Å². The first-order chi connectivity index (χ1) is 5.40. The van der Waals surface area contributed by atoms with E-state index in [0.29, 0.717) is 5.92 Å². The Balaban J connectivity index is 1.98. The van der Waals surface area contributed by atoms with Crippen LogP contribution >= 0.6 is 0 Å². The van der Waals surface area contributed by atoms with Crippen molar-refractivity contribution in [1.29, 1.82) is 5.26 Å². The predicted octanol–water partition coefficient (Wildman–Crippen LogP) is 1.24. The summed E-state index contributed by atoms with van der Waals surface area (Å²) in [5.74, 6) is 1.57. The van der Waals surface area contributed by atoms with Crippen molar-refractivity contribution in [2.24, 2.45) is 11.8 Å². The summed E-state index contributed by atoms with van der Waals surface area (Å²) in [6, 6.07) is 2.30. The molecule has 11 heavy (non-hydrogen) atoms. The maximum absolute atomic E-state index is 8.58. The van der Waals surface area contributed by atoms with Crippen molar-refractivity contribution in [1.82, 2.24) is 4.90 Å². The average Bonchev–Trinajstić information content (AvgIpc) is 2.07. The summed E-state index contributed by atoms with van der Waals surface area (Å²) in [6.07, 6.45) is 3.46. The lowest BCUT2D eigenvalue weighted by atomic mass is 9.78. The lowest BCUT2D eigenvalue weighted by Crippen LogP contribution is -2.47. The number of nitriles is 1. The van der Waals surface area contributed by atoms with Gasteiger partial charge >= 0.3 is 0 Å². The molecule has 2 nitrogen and oxygen atoms in total. The first-order valence-corrected chi connectivity index (χ1v) is 4.49. The topological polar surface area (TPSA) is 27.0 Å². The Morgan fingerprint density at radius 1 is 1.36 bits per heavy atom. The van der Waals surface area contributed by atoms with E-state index in [-0.39, 0.29) is 0 Å². The third kappa shape index (κ3) is 1.25. The quantitative estimate of drug-likeness (QED) is 0.562. The molecule has 0 aromatic rings. The van der Waals surface area contributed by atoms with Gasteiger partial charge in [0.15, 0.2) is 0 Å². The minimum Gasteiger partial charge on any atom is -0.303 e. The van der Waals surface area contributed by atoms with Crippen LogP contribution in [0, 0.1) is 23.2 Å². The first kappa shape index (κ1) is 7.12. The van der Waals surface area contributed by atoms with Crippen LogP contribution in [0.3, 0.4) is 0 Å². The van der Waals surface area contributed by atoms with Crippen molar-refractivity contribution in [3.05, 3.63) is 0 Å². The number of hydrogen-bond acceptors (Lipinski definition) is 2. The first-order valence-electron chi connectivity index (χ1n) is 4.49. The van der Waals surface area contributed by atoms with E-state index in [1.807, 2.05) is 0 Å². The van der Waals surface area contributed by atoms with Crippen molar-refractivity contribution in [2.75, 3.05) is 19.6 Å². The minimum atomic E-state index is 0.697. The number of piperidine rings is 3. The third-order valence-electron chi connectivity index (χ3n) is 3.15. The van der Waals surface area contributed by atoms with Crippen LogP contribution in [-0.4, -0.2) is 24.5 Å². The van der Waals surface area contributed by atoms with Crippen LogP contribution in [0.15, 0.2) is 0 Å². The van der Waals surface area contributed by atoms with Crippen molar-refractivity contribution >= 4 is 0 Å². The largest absolute Gasteiger partial charge is 0.303 e. The predicted molar refractivity (Wildman–Crippen MR) is 42.9 cm³/mol. The molecule has 2 heteroatoms. The zero-order chi connectivity index (χ0) is 7.68. The molecule has 3 rings (SSSR count). The van der Waals surface area contributed by atoms with Gasteiger partial charge in [-0.15, -0.1) is 0 Å². The van der Waals surface area contributed by atoms with Gasteiger partial charge in [0.25, 0.3) is 0 Å². The zero-order valence-electron chi connectivity index (χ0n) is 6.79. The van der Waals surface area contributed by atoms with E-state index in [0.717, 1.165) is 12.3 Å². The summed E-state index contributed by atoms with van der Waals surface area (Å²) in [4.78, 5) is 2.50. The molecule has 3 heterocycles. The summed E-state index contributed by atoms with van der Waals surface area (Å²) < 4.78 is 0. The molecule has 0 N–H and O–H groups in total. The second-order valence-corrected chi connectivity index (χ2v) is 3.76. The molecule has 0 unspecified atom stereocenters. The summed E-state index contributed by atoms with van der Waals surface area (Å²) in [7, 11) is 0. The van der Waals surface area contributed by atoms with E-state index in [4.69, 9.17) is 5.26 Å². The standard InChI is InChI=1S/C9H14N2/c10-4-1-9-7-11-5-2-8(9)3-6-11/h8-9H,1-3,5-7H2/t9-/m1/s1.